The smallest absolute Gasteiger partial charge is 0.261 e. The summed E-state index contributed by atoms with van der Waals surface area (Å²) in [7, 11) is 3.88. The highest BCUT2D eigenvalue weighted by molar-refractivity contribution is 5.77. The first kappa shape index (κ1) is 15.1. The quantitative estimate of drug-likeness (QED) is 0.817. The number of hydrogen-bond acceptors (Lipinski definition) is 5. The van der Waals surface area contributed by atoms with Crippen LogP contribution in [0.2, 0.25) is 0 Å². The molecule has 0 fully saturated rings. The second-order valence-corrected chi connectivity index (χ2v) is 4.66. The molecule has 0 aliphatic rings. The van der Waals surface area contributed by atoms with Crippen molar-refractivity contribution in [2.75, 3.05) is 32.2 Å². The van der Waals surface area contributed by atoms with Crippen LogP contribution in [-0.2, 0) is 0 Å². The van der Waals surface area contributed by atoms with Gasteiger partial charge in [0.15, 0.2) is 5.75 Å². The molecule has 0 saturated heterocycles. The van der Waals surface area contributed by atoms with Crippen molar-refractivity contribution in [1.82, 2.24) is 10.2 Å². The van der Waals surface area contributed by atoms with E-state index in [1.807, 2.05) is 63.2 Å². The van der Waals surface area contributed by atoms with Crippen LogP contribution >= 0.6 is 0 Å². The summed E-state index contributed by atoms with van der Waals surface area (Å²) in [6.07, 6.45) is 0. The number of rotatable bonds is 6. The molecular weight excluding hydrogens is 266 g/mol. The van der Waals surface area contributed by atoms with Crippen molar-refractivity contribution < 1.29 is 9.47 Å². The molecule has 0 unspecified atom stereocenters. The average Bonchev–Trinajstić information content (AvgIpc) is 2.48. The molecule has 1 heterocycles. The first-order chi connectivity index (χ1) is 10.2. The predicted molar refractivity (Wildman–Crippen MR) is 84.1 cm³/mol. The van der Waals surface area contributed by atoms with Crippen LogP contribution in [-0.4, -0.2) is 37.5 Å². The van der Waals surface area contributed by atoms with Gasteiger partial charge in [-0.3, -0.25) is 0 Å². The van der Waals surface area contributed by atoms with Crippen LogP contribution in [0.5, 0.6) is 11.6 Å². The molecule has 1 aromatic heterocycles. The fourth-order valence-corrected chi connectivity index (χ4v) is 2.09. The van der Waals surface area contributed by atoms with Crippen molar-refractivity contribution in [3.05, 3.63) is 30.3 Å². The topological polar surface area (TPSA) is 47.5 Å². The molecule has 112 valence electrons. The van der Waals surface area contributed by atoms with Crippen LogP contribution in [0, 0.1) is 0 Å². The maximum Gasteiger partial charge on any atom is 0.261 e. The first-order valence-corrected chi connectivity index (χ1v) is 7.08. The average molecular weight is 287 g/mol. The van der Waals surface area contributed by atoms with Gasteiger partial charge in [0.2, 0.25) is 0 Å². The van der Waals surface area contributed by atoms with Crippen LogP contribution in [0.25, 0.3) is 11.3 Å². The molecule has 0 aliphatic carbocycles. The van der Waals surface area contributed by atoms with Gasteiger partial charge in [-0.1, -0.05) is 30.3 Å². The highest BCUT2D eigenvalue weighted by Gasteiger charge is 2.21. The van der Waals surface area contributed by atoms with Gasteiger partial charge in [-0.25, -0.2) is 0 Å². The number of anilines is 1. The second kappa shape index (κ2) is 6.92. The van der Waals surface area contributed by atoms with Crippen molar-refractivity contribution in [3.8, 4) is 22.9 Å². The Labute approximate surface area is 125 Å². The van der Waals surface area contributed by atoms with E-state index in [1.54, 1.807) is 0 Å². The molecular formula is C16H21N3O2. The zero-order valence-corrected chi connectivity index (χ0v) is 13.0. The molecule has 2 rings (SSSR count). The minimum absolute atomic E-state index is 0.491. The minimum atomic E-state index is 0.491. The summed E-state index contributed by atoms with van der Waals surface area (Å²) in [6, 6.07) is 9.90. The summed E-state index contributed by atoms with van der Waals surface area (Å²) >= 11 is 0. The van der Waals surface area contributed by atoms with Gasteiger partial charge < -0.3 is 14.4 Å². The molecule has 21 heavy (non-hydrogen) atoms. The van der Waals surface area contributed by atoms with Gasteiger partial charge in [-0.2, -0.15) is 0 Å². The Morgan fingerprint density at radius 2 is 1.62 bits per heavy atom. The van der Waals surface area contributed by atoms with Crippen LogP contribution in [0.3, 0.4) is 0 Å². The van der Waals surface area contributed by atoms with Crippen LogP contribution in [0.1, 0.15) is 13.8 Å². The zero-order valence-electron chi connectivity index (χ0n) is 13.0. The van der Waals surface area contributed by atoms with Gasteiger partial charge in [-0.05, 0) is 13.8 Å². The molecule has 0 bridgehead atoms. The summed E-state index contributed by atoms with van der Waals surface area (Å²) in [5.74, 6) is 1.19. The van der Waals surface area contributed by atoms with E-state index >= 15 is 0 Å². The highest BCUT2D eigenvalue weighted by Crippen LogP contribution is 2.41. The Morgan fingerprint density at radius 3 is 2.19 bits per heavy atom. The number of aromatic nitrogens is 2. The normalized spacial score (nSPS) is 10.3. The SMILES string of the molecule is CCOc1nnc(-c2ccccc2)c(OCC)c1N(C)C. The second-order valence-electron chi connectivity index (χ2n) is 4.66. The van der Waals surface area contributed by atoms with Gasteiger partial charge in [0.25, 0.3) is 5.88 Å². The molecule has 0 aliphatic heterocycles. The molecule has 5 nitrogen and oxygen atoms in total. The molecule has 0 saturated carbocycles. The molecule has 0 N–H and O–H groups in total. The largest absolute Gasteiger partial charge is 0.489 e. The summed E-state index contributed by atoms with van der Waals surface area (Å²) < 4.78 is 11.4. The third-order valence-corrected chi connectivity index (χ3v) is 2.94. The molecule has 5 heteroatoms. The van der Waals surface area contributed by atoms with E-state index < -0.39 is 0 Å². The van der Waals surface area contributed by atoms with Crippen molar-refractivity contribution in [2.45, 2.75) is 13.8 Å². The summed E-state index contributed by atoms with van der Waals surface area (Å²) in [6.45, 7) is 4.96. The number of nitrogens with zero attached hydrogens (tertiary/aromatic N) is 3. The third-order valence-electron chi connectivity index (χ3n) is 2.94. The van der Waals surface area contributed by atoms with Gasteiger partial charge in [-0.15, -0.1) is 10.2 Å². The van der Waals surface area contributed by atoms with Gasteiger partial charge in [0.05, 0.1) is 13.2 Å². The fraction of sp³-hybridized carbons (Fsp3) is 0.375. The lowest BCUT2D eigenvalue weighted by Gasteiger charge is -2.21. The number of hydrogen-bond donors (Lipinski definition) is 0. The van der Waals surface area contributed by atoms with Crippen LogP contribution in [0.4, 0.5) is 5.69 Å². The Balaban J connectivity index is 2.63. The van der Waals surface area contributed by atoms with E-state index in [9.17, 15) is 0 Å². The maximum absolute atomic E-state index is 5.85. The fourth-order valence-electron chi connectivity index (χ4n) is 2.09. The van der Waals surface area contributed by atoms with Gasteiger partial charge in [0.1, 0.15) is 11.4 Å². The molecule has 1 aromatic carbocycles. The standard InChI is InChI=1S/C16H21N3O2/c1-5-20-15-13(12-10-8-7-9-11-12)17-18-16(21-6-2)14(15)19(3)4/h7-11H,5-6H2,1-4H3. The lowest BCUT2D eigenvalue weighted by Crippen LogP contribution is -2.15. The zero-order chi connectivity index (χ0) is 15.2. The monoisotopic (exact) mass is 287 g/mol. The predicted octanol–water partition coefficient (Wildman–Crippen LogP) is 3.01. The minimum Gasteiger partial charge on any atom is -0.489 e. The molecule has 0 radical (unpaired) electrons. The Morgan fingerprint density at radius 1 is 0.952 bits per heavy atom. The van der Waals surface area contributed by atoms with E-state index in [1.165, 1.54) is 0 Å². The van der Waals surface area contributed by atoms with E-state index in [-0.39, 0.29) is 0 Å². The number of ether oxygens (including phenoxy) is 2. The van der Waals surface area contributed by atoms with E-state index in [4.69, 9.17) is 9.47 Å². The first-order valence-electron chi connectivity index (χ1n) is 7.08. The molecule has 2 aromatic rings. The van der Waals surface area contributed by atoms with Gasteiger partial charge in [0, 0.05) is 19.7 Å². The summed E-state index contributed by atoms with van der Waals surface area (Å²) in [5.41, 5.74) is 2.51. The van der Waals surface area contributed by atoms with E-state index in [2.05, 4.69) is 10.2 Å². The van der Waals surface area contributed by atoms with Crippen molar-refractivity contribution >= 4 is 5.69 Å². The summed E-state index contributed by atoms with van der Waals surface area (Å²) in [5, 5.41) is 8.52. The van der Waals surface area contributed by atoms with E-state index in [0.717, 1.165) is 16.9 Å². The van der Waals surface area contributed by atoms with Crippen molar-refractivity contribution in [3.63, 3.8) is 0 Å². The maximum atomic E-state index is 5.85. The van der Waals surface area contributed by atoms with Crippen molar-refractivity contribution in [2.24, 2.45) is 0 Å². The lowest BCUT2D eigenvalue weighted by atomic mass is 10.1. The van der Waals surface area contributed by atoms with Crippen LogP contribution < -0.4 is 14.4 Å². The van der Waals surface area contributed by atoms with E-state index in [0.29, 0.717) is 24.8 Å². The Kier molecular flexibility index (Phi) is 4.98. The Bertz CT molecular complexity index is 586. The number of benzene rings is 1. The molecule has 0 spiro atoms. The molecule has 0 atom stereocenters. The van der Waals surface area contributed by atoms with Crippen molar-refractivity contribution in [1.29, 1.82) is 0 Å². The molecule has 0 amide bonds. The third kappa shape index (κ3) is 3.24. The van der Waals surface area contributed by atoms with Crippen LogP contribution in [0.15, 0.2) is 30.3 Å². The van der Waals surface area contributed by atoms with Gasteiger partial charge >= 0.3 is 0 Å². The highest BCUT2D eigenvalue weighted by atomic mass is 16.5. The Hall–Kier alpha value is -2.30. The lowest BCUT2D eigenvalue weighted by molar-refractivity contribution is 0.311. The summed E-state index contributed by atoms with van der Waals surface area (Å²) in [4.78, 5) is 1.94.